The van der Waals surface area contributed by atoms with Gasteiger partial charge in [0.05, 0.1) is 5.25 Å². The highest BCUT2D eigenvalue weighted by Crippen LogP contribution is 2.24. The average molecular weight is 406 g/mol. The number of carbonyl (C=O) groups is 3. The van der Waals surface area contributed by atoms with Gasteiger partial charge in [-0.25, -0.2) is 4.79 Å². The third-order valence-electron chi connectivity index (χ3n) is 4.13. The highest BCUT2D eigenvalue weighted by atomic mass is 32.2. The molecule has 150 valence electrons. The van der Waals surface area contributed by atoms with Crippen LogP contribution in [0.2, 0.25) is 0 Å². The molecule has 1 aromatic carbocycles. The summed E-state index contributed by atoms with van der Waals surface area (Å²) in [6.07, 6.45) is 0. The Kier molecular flexibility index (Phi) is 7.22. The standard InChI is InChI=1S/C19H22N2O6S/c1-4-21(5-2)13-7-6-12-8-14(18(25)27-15(12)9-13)19(26)28-11(3)17(24)20-10-16(22)23/h6-9,11H,4-5,10H2,1-3H3,(H,20,24)(H,22,23). The molecule has 0 spiro atoms. The Bertz CT molecular complexity index is 951. The van der Waals surface area contributed by atoms with Crippen LogP contribution in [-0.2, 0) is 9.59 Å². The summed E-state index contributed by atoms with van der Waals surface area (Å²) in [7, 11) is 0. The maximum absolute atomic E-state index is 12.4. The molecule has 0 saturated heterocycles. The van der Waals surface area contributed by atoms with Crippen LogP contribution < -0.4 is 15.8 Å². The lowest BCUT2D eigenvalue weighted by atomic mass is 10.1. The van der Waals surface area contributed by atoms with Crippen molar-refractivity contribution in [2.75, 3.05) is 24.5 Å². The highest BCUT2D eigenvalue weighted by molar-refractivity contribution is 8.15. The maximum Gasteiger partial charge on any atom is 0.348 e. The SMILES string of the molecule is CCN(CC)c1ccc2cc(C(=O)SC(C)C(=O)NCC(=O)O)c(=O)oc2c1. The number of anilines is 1. The lowest BCUT2D eigenvalue weighted by molar-refractivity contribution is -0.137. The Morgan fingerprint density at radius 3 is 2.50 bits per heavy atom. The van der Waals surface area contributed by atoms with Gasteiger partial charge in [0.25, 0.3) is 0 Å². The quantitative estimate of drug-likeness (QED) is 0.640. The predicted molar refractivity (Wildman–Crippen MR) is 108 cm³/mol. The molecule has 0 aliphatic carbocycles. The van der Waals surface area contributed by atoms with Crippen LogP contribution in [0, 0.1) is 0 Å². The van der Waals surface area contributed by atoms with Crippen molar-refractivity contribution >= 4 is 45.4 Å². The number of carboxylic acids is 1. The number of fused-ring (bicyclic) bond motifs is 1. The van der Waals surface area contributed by atoms with Gasteiger partial charge in [-0.2, -0.15) is 0 Å². The van der Waals surface area contributed by atoms with Crippen LogP contribution in [-0.4, -0.2) is 47.0 Å². The summed E-state index contributed by atoms with van der Waals surface area (Å²) in [6, 6.07) is 6.87. The number of rotatable bonds is 8. The van der Waals surface area contributed by atoms with E-state index in [2.05, 4.69) is 10.2 Å². The number of hydrogen-bond donors (Lipinski definition) is 2. The molecule has 0 fully saturated rings. The number of amides is 1. The van der Waals surface area contributed by atoms with Gasteiger partial charge in [0.2, 0.25) is 11.0 Å². The maximum atomic E-state index is 12.4. The van der Waals surface area contributed by atoms with E-state index in [4.69, 9.17) is 9.52 Å². The van der Waals surface area contributed by atoms with E-state index in [-0.39, 0.29) is 5.56 Å². The fourth-order valence-corrected chi connectivity index (χ4v) is 3.39. The van der Waals surface area contributed by atoms with Gasteiger partial charge in [0, 0.05) is 30.2 Å². The van der Waals surface area contributed by atoms with Gasteiger partial charge in [0.15, 0.2) is 0 Å². The molecule has 1 amide bonds. The molecule has 0 aliphatic rings. The van der Waals surface area contributed by atoms with Gasteiger partial charge >= 0.3 is 11.6 Å². The smallest absolute Gasteiger partial charge is 0.348 e. The Labute approximate surface area is 165 Å². The molecular weight excluding hydrogens is 384 g/mol. The van der Waals surface area contributed by atoms with E-state index < -0.39 is 34.4 Å². The Morgan fingerprint density at radius 2 is 1.89 bits per heavy atom. The first-order chi connectivity index (χ1) is 13.3. The zero-order valence-electron chi connectivity index (χ0n) is 15.9. The van der Waals surface area contributed by atoms with Gasteiger partial charge in [-0.1, -0.05) is 11.8 Å². The molecule has 0 bridgehead atoms. The number of carboxylic acid groups (broad SMARTS) is 1. The van der Waals surface area contributed by atoms with Crippen molar-refractivity contribution in [2.45, 2.75) is 26.0 Å². The zero-order chi connectivity index (χ0) is 20.8. The summed E-state index contributed by atoms with van der Waals surface area (Å²) in [5.41, 5.74) is 0.354. The number of nitrogens with zero attached hydrogens (tertiary/aromatic N) is 1. The minimum atomic E-state index is -1.18. The number of hydrogen-bond acceptors (Lipinski definition) is 7. The van der Waals surface area contributed by atoms with Crippen molar-refractivity contribution in [2.24, 2.45) is 0 Å². The Morgan fingerprint density at radius 1 is 1.21 bits per heavy atom. The Hall–Kier alpha value is -2.81. The lowest BCUT2D eigenvalue weighted by Gasteiger charge is -2.21. The summed E-state index contributed by atoms with van der Waals surface area (Å²) < 4.78 is 5.32. The van der Waals surface area contributed by atoms with Crippen LogP contribution in [0.15, 0.2) is 33.5 Å². The van der Waals surface area contributed by atoms with Crippen LogP contribution in [0.4, 0.5) is 5.69 Å². The number of nitrogens with one attached hydrogen (secondary N) is 1. The fourth-order valence-electron chi connectivity index (χ4n) is 2.61. The third kappa shape index (κ3) is 5.13. The zero-order valence-corrected chi connectivity index (χ0v) is 16.7. The molecule has 1 aromatic heterocycles. The molecule has 1 heterocycles. The van der Waals surface area contributed by atoms with E-state index in [0.29, 0.717) is 22.7 Å². The first-order valence-electron chi connectivity index (χ1n) is 8.80. The van der Waals surface area contributed by atoms with Gasteiger partial charge in [-0.3, -0.25) is 14.4 Å². The molecule has 0 radical (unpaired) electrons. The van der Waals surface area contributed by atoms with E-state index in [1.807, 2.05) is 19.9 Å². The first kappa shape index (κ1) is 21.5. The van der Waals surface area contributed by atoms with Crippen molar-refractivity contribution in [3.63, 3.8) is 0 Å². The average Bonchev–Trinajstić information content (AvgIpc) is 2.66. The number of thioether (sulfide) groups is 1. The van der Waals surface area contributed by atoms with Crippen LogP contribution in [0.25, 0.3) is 11.0 Å². The normalized spacial score (nSPS) is 11.8. The summed E-state index contributed by atoms with van der Waals surface area (Å²) >= 11 is 0.638. The largest absolute Gasteiger partial charge is 0.480 e. The molecule has 1 unspecified atom stereocenters. The van der Waals surface area contributed by atoms with Gasteiger partial charge in [-0.05, 0) is 39.0 Å². The molecule has 1 atom stereocenters. The lowest BCUT2D eigenvalue weighted by Crippen LogP contribution is -2.35. The monoisotopic (exact) mass is 406 g/mol. The van der Waals surface area contributed by atoms with Crippen LogP contribution >= 0.6 is 11.8 Å². The summed E-state index contributed by atoms with van der Waals surface area (Å²) in [5, 5.41) is 9.91. The van der Waals surface area contributed by atoms with Crippen LogP contribution in [0.1, 0.15) is 31.1 Å². The molecule has 8 nitrogen and oxygen atoms in total. The summed E-state index contributed by atoms with van der Waals surface area (Å²) in [6.45, 7) is 6.58. The fraction of sp³-hybridized carbons (Fsp3) is 0.368. The van der Waals surface area contributed by atoms with Crippen molar-refractivity contribution in [1.29, 1.82) is 0 Å². The molecule has 2 rings (SSSR count). The summed E-state index contributed by atoms with van der Waals surface area (Å²) in [4.78, 5) is 49.1. The van der Waals surface area contributed by atoms with Gasteiger partial charge in [0.1, 0.15) is 17.7 Å². The molecular formula is C19H22N2O6S. The first-order valence-corrected chi connectivity index (χ1v) is 9.68. The summed E-state index contributed by atoms with van der Waals surface area (Å²) in [5.74, 6) is -1.79. The predicted octanol–water partition coefficient (Wildman–Crippen LogP) is 2.10. The van der Waals surface area contributed by atoms with E-state index in [9.17, 15) is 19.2 Å². The second kappa shape index (κ2) is 9.41. The van der Waals surface area contributed by atoms with E-state index >= 15 is 0 Å². The minimum absolute atomic E-state index is 0.161. The highest BCUT2D eigenvalue weighted by Gasteiger charge is 2.22. The van der Waals surface area contributed by atoms with Crippen LogP contribution in [0.3, 0.4) is 0 Å². The Balaban J connectivity index is 2.22. The van der Waals surface area contributed by atoms with Crippen molar-refractivity contribution in [1.82, 2.24) is 5.32 Å². The molecule has 0 saturated carbocycles. The van der Waals surface area contributed by atoms with Crippen LogP contribution in [0.5, 0.6) is 0 Å². The van der Waals surface area contributed by atoms with E-state index in [1.54, 1.807) is 12.1 Å². The molecule has 28 heavy (non-hydrogen) atoms. The van der Waals surface area contributed by atoms with Crippen molar-refractivity contribution in [3.8, 4) is 0 Å². The minimum Gasteiger partial charge on any atom is -0.480 e. The molecule has 2 aromatic rings. The number of carbonyl (C=O) groups excluding carboxylic acids is 2. The second-order valence-corrected chi connectivity index (χ2v) is 7.31. The van der Waals surface area contributed by atoms with Gasteiger partial charge < -0.3 is 19.7 Å². The van der Waals surface area contributed by atoms with Gasteiger partial charge in [-0.15, -0.1) is 0 Å². The second-order valence-electron chi connectivity index (χ2n) is 6.00. The molecule has 0 aliphatic heterocycles. The van der Waals surface area contributed by atoms with E-state index in [0.717, 1.165) is 18.8 Å². The van der Waals surface area contributed by atoms with Crippen molar-refractivity contribution < 1.29 is 23.9 Å². The topological polar surface area (TPSA) is 117 Å². The van der Waals surface area contributed by atoms with Crippen molar-refractivity contribution in [3.05, 3.63) is 40.2 Å². The molecule has 2 N–H and O–H groups in total. The number of aliphatic carboxylic acids is 1. The molecule has 9 heteroatoms. The third-order valence-corrected chi connectivity index (χ3v) is 5.14. The van der Waals surface area contributed by atoms with E-state index in [1.165, 1.54) is 13.0 Å². The number of benzene rings is 1.